The van der Waals surface area contributed by atoms with Crippen LogP contribution in [-0.2, 0) is 4.74 Å². The highest BCUT2D eigenvalue weighted by Gasteiger charge is 2.11. The van der Waals surface area contributed by atoms with Gasteiger partial charge >= 0.3 is 5.97 Å². The minimum Gasteiger partial charge on any atom is -0.466 e. The van der Waals surface area contributed by atoms with Gasteiger partial charge in [0, 0.05) is 5.02 Å². The summed E-state index contributed by atoms with van der Waals surface area (Å²) in [7, 11) is 1.26. The second kappa shape index (κ2) is 3.92. The van der Waals surface area contributed by atoms with Gasteiger partial charge in [-0.2, -0.15) is 0 Å². The van der Waals surface area contributed by atoms with Crippen LogP contribution >= 0.6 is 11.6 Å². The van der Waals surface area contributed by atoms with E-state index in [-0.39, 0.29) is 11.3 Å². The van der Waals surface area contributed by atoms with Crippen LogP contribution in [0.4, 0.5) is 5.69 Å². The van der Waals surface area contributed by atoms with E-state index in [1.54, 1.807) is 6.07 Å². The Balaban J connectivity index is 3.25. The standard InChI is InChI=1S/C9H6ClNO2/c1-11-8-4-3-6(10)5-7(8)9(12)13-2/h3-5H,2H3. The normalized spacial score (nSPS) is 9.00. The number of hydrogen-bond acceptors (Lipinski definition) is 2. The van der Waals surface area contributed by atoms with Crippen LogP contribution in [0.2, 0.25) is 5.02 Å². The van der Waals surface area contributed by atoms with Crippen LogP contribution in [0.15, 0.2) is 18.2 Å². The zero-order chi connectivity index (χ0) is 9.84. The first kappa shape index (κ1) is 9.56. The van der Waals surface area contributed by atoms with Gasteiger partial charge in [0.25, 0.3) is 0 Å². The van der Waals surface area contributed by atoms with Crippen LogP contribution in [0, 0.1) is 6.57 Å². The molecule has 13 heavy (non-hydrogen) atoms. The highest BCUT2D eigenvalue weighted by molar-refractivity contribution is 6.31. The van der Waals surface area contributed by atoms with E-state index >= 15 is 0 Å². The molecule has 1 aromatic carbocycles. The Bertz CT molecular complexity index is 382. The molecule has 0 atom stereocenters. The Kier molecular flexibility index (Phi) is 2.88. The minimum atomic E-state index is -0.548. The van der Waals surface area contributed by atoms with Gasteiger partial charge in [-0.1, -0.05) is 23.7 Å². The maximum absolute atomic E-state index is 11.1. The van der Waals surface area contributed by atoms with Crippen molar-refractivity contribution in [1.29, 1.82) is 0 Å². The SMILES string of the molecule is [C-]#[N+]c1ccc(Cl)cc1C(=O)OC. The molecule has 0 saturated heterocycles. The summed E-state index contributed by atoms with van der Waals surface area (Å²) < 4.78 is 4.49. The number of benzene rings is 1. The summed E-state index contributed by atoms with van der Waals surface area (Å²) in [5, 5.41) is 0.410. The summed E-state index contributed by atoms with van der Waals surface area (Å²) in [6.45, 7) is 6.80. The lowest BCUT2D eigenvalue weighted by Gasteiger charge is -2.01. The maximum atomic E-state index is 11.1. The fourth-order valence-corrected chi connectivity index (χ4v) is 1.05. The second-order valence-electron chi connectivity index (χ2n) is 2.26. The number of carbonyl (C=O) groups excluding carboxylic acids is 1. The number of carbonyl (C=O) groups is 1. The van der Waals surface area contributed by atoms with Crippen LogP contribution in [0.5, 0.6) is 0 Å². The molecule has 1 rings (SSSR count). The Morgan fingerprint density at radius 1 is 1.62 bits per heavy atom. The van der Waals surface area contributed by atoms with Crippen molar-refractivity contribution in [2.24, 2.45) is 0 Å². The number of halogens is 1. The molecule has 0 aliphatic carbocycles. The maximum Gasteiger partial charge on any atom is 0.327 e. The van der Waals surface area contributed by atoms with E-state index in [0.717, 1.165) is 0 Å². The summed E-state index contributed by atoms with van der Waals surface area (Å²) in [5.41, 5.74) is 0.446. The third-order valence-corrected chi connectivity index (χ3v) is 1.72. The predicted molar refractivity (Wildman–Crippen MR) is 49.1 cm³/mol. The molecule has 0 radical (unpaired) electrons. The number of methoxy groups -OCH3 is 1. The lowest BCUT2D eigenvalue weighted by Crippen LogP contribution is -2.00. The Morgan fingerprint density at radius 3 is 2.85 bits per heavy atom. The Labute approximate surface area is 80.7 Å². The lowest BCUT2D eigenvalue weighted by molar-refractivity contribution is 0.0602. The third kappa shape index (κ3) is 1.98. The summed E-state index contributed by atoms with van der Waals surface area (Å²) in [4.78, 5) is 14.3. The van der Waals surface area contributed by atoms with Gasteiger partial charge in [-0.15, -0.1) is 0 Å². The van der Waals surface area contributed by atoms with Crippen molar-refractivity contribution in [2.75, 3.05) is 7.11 Å². The van der Waals surface area contributed by atoms with Gasteiger partial charge in [-0.25, -0.2) is 9.64 Å². The van der Waals surface area contributed by atoms with Crippen LogP contribution in [-0.4, -0.2) is 13.1 Å². The molecule has 0 aromatic heterocycles. The fourth-order valence-electron chi connectivity index (χ4n) is 0.879. The van der Waals surface area contributed by atoms with Crippen LogP contribution < -0.4 is 0 Å². The average molecular weight is 196 g/mol. The van der Waals surface area contributed by atoms with E-state index in [9.17, 15) is 4.79 Å². The molecule has 1 aromatic rings. The quantitative estimate of drug-likeness (QED) is 0.510. The Hall–Kier alpha value is -1.53. The summed E-state index contributed by atoms with van der Waals surface area (Å²) in [5.74, 6) is -0.548. The number of rotatable bonds is 1. The number of nitrogens with zero attached hydrogens (tertiary/aromatic N) is 1. The molecule has 0 aliphatic rings. The van der Waals surface area contributed by atoms with Gasteiger partial charge in [0.1, 0.15) is 0 Å². The number of hydrogen-bond donors (Lipinski definition) is 0. The van der Waals surface area contributed by atoms with Crippen molar-refractivity contribution < 1.29 is 9.53 Å². The molecule has 3 nitrogen and oxygen atoms in total. The fraction of sp³-hybridized carbons (Fsp3) is 0.111. The van der Waals surface area contributed by atoms with E-state index in [0.29, 0.717) is 5.02 Å². The molecule has 0 bridgehead atoms. The van der Waals surface area contributed by atoms with Gasteiger partial charge < -0.3 is 4.74 Å². The van der Waals surface area contributed by atoms with Crippen molar-refractivity contribution in [3.05, 3.63) is 40.2 Å². The van der Waals surface area contributed by atoms with Crippen LogP contribution in [0.1, 0.15) is 10.4 Å². The third-order valence-electron chi connectivity index (χ3n) is 1.48. The molecular weight excluding hydrogens is 190 g/mol. The van der Waals surface area contributed by atoms with Crippen LogP contribution in [0.3, 0.4) is 0 Å². The molecule has 0 heterocycles. The van der Waals surface area contributed by atoms with E-state index in [1.165, 1.54) is 19.2 Å². The largest absolute Gasteiger partial charge is 0.466 e. The van der Waals surface area contributed by atoms with Crippen molar-refractivity contribution in [1.82, 2.24) is 0 Å². The summed E-state index contributed by atoms with van der Waals surface area (Å²) >= 11 is 5.66. The first-order valence-corrected chi connectivity index (χ1v) is 3.82. The van der Waals surface area contributed by atoms with Gasteiger partial charge in [-0.05, 0) is 6.07 Å². The Morgan fingerprint density at radius 2 is 2.31 bits per heavy atom. The first-order chi connectivity index (χ1) is 6.19. The van der Waals surface area contributed by atoms with E-state index in [2.05, 4.69) is 9.58 Å². The molecule has 0 N–H and O–H groups in total. The molecule has 4 heteroatoms. The summed E-state index contributed by atoms with van der Waals surface area (Å²) in [6.07, 6.45) is 0. The van der Waals surface area contributed by atoms with Gasteiger partial charge in [-0.3, -0.25) is 0 Å². The molecule has 0 fully saturated rings. The van der Waals surface area contributed by atoms with Crippen molar-refractivity contribution in [2.45, 2.75) is 0 Å². The first-order valence-electron chi connectivity index (χ1n) is 3.44. The van der Waals surface area contributed by atoms with E-state index in [1.807, 2.05) is 0 Å². The molecule has 0 saturated carbocycles. The molecule has 0 spiro atoms. The van der Waals surface area contributed by atoms with E-state index in [4.69, 9.17) is 18.2 Å². The zero-order valence-electron chi connectivity index (χ0n) is 6.87. The van der Waals surface area contributed by atoms with Crippen LogP contribution in [0.25, 0.3) is 4.85 Å². The zero-order valence-corrected chi connectivity index (χ0v) is 7.63. The summed E-state index contributed by atoms with van der Waals surface area (Å²) in [6, 6.07) is 4.46. The molecule has 66 valence electrons. The molecule has 0 amide bonds. The smallest absolute Gasteiger partial charge is 0.327 e. The van der Waals surface area contributed by atoms with Gasteiger partial charge in [0.05, 0.1) is 19.2 Å². The highest BCUT2D eigenvalue weighted by Crippen LogP contribution is 2.23. The van der Waals surface area contributed by atoms with Crippen molar-refractivity contribution in [3.63, 3.8) is 0 Å². The van der Waals surface area contributed by atoms with Crippen molar-refractivity contribution in [3.8, 4) is 0 Å². The van der Waals surface area contributed by atoms with Crippen molar-refractivity contribution >= 4 is 23.3 Å². The predicted octanol–water partition coefficient (Wildman–Crippen LogP) is 2.68. The second-order valence-corrected chi connectivity index (χ2v) is 2.70. The van der Waals surface area contributed by atoms with Gasteiger partial charge in [0.15, 0.2) is 0 Å². The minimum absolute atomic E-state index is 0.199. The van der Waals surface area contributed by atoms with Gasteiger partial charge in [0.2, 0.25) is 5.69 Å². The highest BCUT2D eigenvalue weighted by atomic mass is 35.5. The topological polar surface area (TPSA) is 30.7 Å². The molecule has 0 unspecified atom stereocenters. The van der Waals surface area contributed by atoms with E-state index < -0.39 is 5.97 Å². The number of esters is 1. The molecular formula is C9H6ClNO2. The lowest BCUT2D eigenvalue weighted by atomic mass is 10.2. The molecule has 0 aliphatic heterocycles. The average Bonchev–Trinajstić information content (AvgIpc) is 2.16. The monoisotopic (exact) mass is 195 g/mol. The number of ether oxygens (including phenoxy) is 1.